The van der Waals surface area contributed by atoms with Crippen LogP contribution in [0.5, 0.6) is 0 Å². The van der Waals surface area contributed by atoms with E-state index in [2.05, 4.69) is 26.7 Å². The molecule has 0 aliphatic heterocycles. The van der Waals surface area contributed by atoms with Crippen molar-refractivity contribution in [2.45, 2.75) is 6.18 Å². The molecular formula is C18H12F3N5. The summed E-state index contributed by atoms with van der Waals surface area (Å²) in [6.45, 7) is 0. The Labute approximate surface area is 147 Å². The Morgan fingerprint density at radius 1 is 0.962 bits per heavy atom. The van der Waals surface area contributed by atoms with Crippen LogP contribution in [-0.4, -0.2) is 9.97 Å². The highest BCUT2D eigenvalue weighted by Gasteiger charge is 2.30. The highest BCUT2D eigenvalue weighted by Crippen LogP contribution is 2.31. The van der Waals surface area contributed by atoms with Crippen molar-refractivity contribution in [3.8, 4) is 6.07 Å². The highest BCUT2D eigenvalue weighted by molar-refractivity contribution is 5.65. The van der Waals surface area contributed by atoms with Gasteiger partial charge in [0.25, 0.3) is 0 Å². The van der Waals surface area contributed by atoms with Crippen molar-refractivity contribution in [2.75, 3.05) is 10.6 Å². The Morgan fingerprint density at radius 3 is 2.54 bits per heavy atom. The third-order valence-corrected chi connectivity index (χ3v) is 3.41. The molecule has 0 bridgehead atoms. The van der Waals surface area contributed by atoms with Crippen LogP contribution in [0.2, 0.25) is 0 Å². The molecule has 0 saturated carbocycles. The van der Waals surface area contributed by atoms with Crippen molar-refractivity contribution < 1.29 is 13.2 Å². The molecule has 0 radical (unpaired) electrons. The molecule has 0 atom stereocenters. The maximum absolute atomic E-state index is 12.8. The van der Waals surface area contributed by atoms with Gasteiger partial charge in [-0.3, -0.25) is 0 Å². The summed E-state index contributed by atoms with van der Waals surface area (Å²) < 4.78 is 38.4. The molecule has 1 heterocycles. The van der Waals surface area contributed by atoms with Gasteiger partial charge in [-0.1, -0.05) is 18.2 Å². The van der Waals surface area contributed by atoms with Gasteiger partial charge >= 0.3 is 6.18 Å². The van der Waals surface area contributed by atoms with Gasteiger partial charge in [0.1, 0.15) is 11.9 Å². The smallest absolute Gasteiger partial charge is 0.339 e. The zero-order valence-corrected chi connectivity index (χ0v) is 13.2. The van der Waals surface area contributed by atoms with Gasteiger partial charge in [-0.25, -0.2) is 4.98 Å². The molecule has 0 spiro atoms. The first kappa shape index (κ1) is 17.2. The molecule has 8 heteroatoms. The molecule has 3 aromatic rings. The summed E-state index contributed by atoms with van der Waals surface area (Å²) in [7, 11) is 0. The van der Waals surface area contributed by atoms with Crippen LogP contribution in [0.25, 0.3) is 0 Å². The van der Waals surface area contributed by atoms with Gasteiger partial charge in [-0.2, -0.15) is 23.4 Å². The van der Waals surface area contributed by atoms with Crippen LogP contribution < -0.4 is 10.6 Å². The monoisotopic (exact) mass is 355 g/mol. The van der Waals surface area contributed by atoms with E-state index in [4.69, 9.17) is 5.26 Å². The first-order valence-electron chi connectivity index (χ1n) is 7.49. The molecular weight excluding hydrogens is 343 g/mol. The lowest BCUT2D eigenvalue weighted by Crippen LogP contribution is -2.06. The summed E-state index contributed by atoms with van der Waals surface area (Å²) >= 11 is 0. The van der Waals surface area contributed by atoms with Crippen molar-refractivity contribution in [1.29, 1.82) is 5.26 Å². The average molecular weight is 355 g/mol. The first-order valence-corrected chi connectivity index (χ1v) is 7.49. The van der Waals surface area contributed by atoms with Gasteiger partial charge in [-0.05, 0) is 36.4 Å². The Hall–Kier alpha value is -3.60. The van der Waals surface area contributed by atoms with E-state index in [1.54, 1.807) is 30.3 Å². The van der Waals surface area contributed by atoms with Crippen LogP contribution in [0.1, 0.15) is 11.1 Å². The Morgan fingerprint density at radius 2 is 1.77 bits per heavy atom. The van der Waals surface area contributed by atoms with E-state index < -0.39 is 11.7 Å². The summed E-state index contributed by atoms with van der Waals surface area (Å²) in [6.07, 6.45) is -2.97. The number of hydrogen-bond acceptors (Lipinski definition) is 5. The molecule has 2 N–H and O–H groups in total. The number of nitrogens with zero attached hydrogens (tertiary/aromatic N) is 3. The van der Waals surface area contributed by atoms with Crippen molar-refractivity contribution in [3.05, 3.63) is 71.9 Å². The second-order valence-electron chi connectivity index (χ2n) is 5.25. The summed E-state index contributed by atoms with van der Waals surface area (Å²) in [5.41, 5.74) is 0.464. The minimum absolute atomic E-state index is 0.128. The maximum atomic E-state index is 12.8. The van der Waals surface area contributed by atoms with Gasteiger partial charge < -0.3 is 10.6 Å². The fraction of sp³-hybridized carbons (Fsp3) is 0.0556. The lowest BCUT2D eigenvalue weighted by Gasteiger charge is -2.11. The standard InChI is InChI=1S/C18H12F3N5/c19-18(20,21)13-5-3-6-14(10-13)24-17-23-9-8-16(26-17)25-15-7-2-1-4-12(15)11-22/h1-10H,(H2,23,24,25,26). The Kier molecular flexibility index (Phi) is 4.71. The zero-order valence-electron chi connectivity index (χ0n) is 13.2. The molecule has 0 saturated heterocycles. The summed E-state index contributed by atoms with van der Waals surface area (Å²) in [4.78, 5) is 8.21. The number of aromatic nitrogens is 2. The summed E-state index contributed by atoms with van der Waals surface area (Å²) in [6, 6.07) is 15.3. The number of nitriles is 1. The van der Waals surface area contributed by atoms with E-state index in [9.17, 15) is 13.2 Å². The first-order chi connectivity index (χ1) is 12.5. The van der Waals surface area contributed by atoms with Crippen LogP contribution in [0.15, 0.2) is 60.8 Å². The number of halogens is 3. The van der Waals surface area contributed by atoms with Crippen LogP contribution in [0.3, 0.4) is 0 Å². The molecule has 5 nitrogen and oxygen atoms in total. The third-order valence-electron chi connectivity index (χ3n) is 3.41. The van der Waals surface area contributed by atoms with E-state index in [0.29, 0.717) is 17.1 Å². The average Bonchev–Trinajstić information content (AvgIpc) is 2.62. The maximum Gasteiger partial charge on any atom is 0.416 e. The number of rotatable bonds is 4. The number of hydrogen-bond donors (Lipinski definition) is 2. The minimum atomic E-state index is -4.43. The molecule has 3 rings (SSSR count). The molecule has 26 heavy (non-hydrogen) atoms. The van der Waals surface area contributed by atoms with Crippen LogP contribution in [0, 0.1) is 11.3 Å². The normalized spacial score (nSPS) is 10.8. The van der Waals surface area contributed by atoms with Crippen molar-refractivity contribution >= 4 is 23.1 Å². The van der Waals surface area contributed by atoms with Crippen molar-refractivity contribution in [1.82, 2.24) is 9.97 Å². The summed E-state index contributed by atoms with van der Waals surface area (Å²) in [5.74, 6) is 0.529. The molecule has 0 fully saturated rings. The lowest BCUT2D eigenvalue weighted by molar-refractivity contribution is -0.137. The van der Waals surface area contributed by atoms with Crippen LogP contribution in [0.4, 0.5) is 36.3 Å². The van der Waals surface area contributed by atoms with Gasteiger partial charge in [-0.15, -0.1) is 0 Å². The van der Waals surface area contributed by atoms with Crippen LogP contribution in [-0.2, 0) is 6.18 Å². The molecule has 0 aliphatic carbocycles. The number of alkyl halides is 3. The highest BCUT2D eigenvalue weighted by atomic mass is 19.4. The number of para-hydroxylation sites is 1. The summed E-state index contributed by atoms with van der Waals surface area (Å²) in [5, 5.41) is 14.8. The Balaban J connectivity index is 1.81. The van der Waals surface area contributed by atoms with Crippen LogP contribution >= 0.6 is 0 Å². The third kappa shape index (κ3) is 4.08. The SMILES string of the molecule is N#Cc1ccccc1Nc1ccnc(Nc2cccc(C(F)(F)F)c2)n1. The van der Waals surface area contributed by atoms with Gasteiger partial charge in [0.15, 0.2) is 0 Å². The van der Waals surface area contributed by atoms with Crippen molar-refractivity contribution in [3.63, 3.8) is 0 Å². The predicted octanol–water partition coefficient (Wildman–Crippen LogP) is 4.85. The number of anilines is 4. The topological polar surface area (TPSA) is 73.6 Å². The van der Waals surface area contributed by atoms with Gasteiger partial charge in [0.05, 0.1) is 16.8 Å². The molecule has 0 amide bonds. The number of nitrogens with one attached hydrogen (secondary N) is 2. The van der Waals surface area contributed by atoms with E-state index in [1.807, 2.05) is 0 Å². The second-order valence-corrected chi connectivity index (χ2v) is 5.25. The zero-order chi connectivity index (χ0) is 18.6. The van der Waals surface area contributed by atoms with E-state index in [-0.39, 0.29) is 11.6 Å². The largest absolute Gasteiger partial charge is 0.416 e. The Bertz CT molecular complexity index is 963. The molecule has 2 aromatic carbocycles. The van der Waals surface area contributed by atoms with Gasteiger partial charge in [0, 0.05) is 11.9 Å². The number of benzene rings is 2. The minimum Gasteiger partial charge on any atom is -0.339 e. The fourth-order valence-corrected chi connectivity index (χ4v) is 2.22. The predicted molar refractivity (Wildman–Crippen MR) is 91.2 cm³/mol. The molecule has 130 valence electrons. The lowest BCUT2D eigenvalue weighted by atomic mass is 10.2. The van der Waals surface area contributed by atoms with E-state index >= 15 is 0 Å². The quantitative estimate of drug-likeness (QED) is 0.699. The van der Waals surface area contributed by atoms with Gasteiger partial charge in [0.2, 0.25) is 5.95 Å². The van der Waals surface area contributed by atoms with Crippen molar-refractivity contribution in [2.24, 2.45) is 0 Å². The second kappa shape index (κ2) is 7.11. The molecule has 1 aromatic heterocycles. The van der Waals surface area contributed by atoms with E-state index in [1.165, 1.54) is 18.3 Å². The molecule has 0 aliphatic rings. The fourth-order valence-electron chi connectivity index (χ4n) is 2.22. The molecule has 0 unspecified atom stereocenters. The van der Waals surface area contributed by atoms with E-state index in [0.717, 1.165) is 12.1 Å².